The number of methoxy groups -OCH3 is 1. The van der Waals surface area contributed by atoms with Gasteiger partial charge in [-0.25, -0.2) is 0 Å². The molecule has 1 aromatic heterocycles. The number of hydrogen-bond acceptors (Lipinski definition) is 6. The van der Waals surface area contributed by atoms with E-state index in [1.165, 1.54) is 18.4 Å². The lowest BCUT2D eigenvalue weighted by atomic mass is 10.1. The lowest BCUT2D eigenvalue weighted by molar-refractivity contribution is 0.414. The van der Waals surface area contributed by atoms with Gasteiger partial charge < -0.3 is 19.8 Å². The molecule has 2 N–H and O–H groups in total. The molecule has 1 heterocycles. The van der Waals surface area contributed by atoms with Gasteiger partial charge in [0.15, 0.2) is 0 Å². The van der Waals surface area contributed by atoms with Crippen LogP contribution in [0.3, 0.4) is 0 Å². The minimum atomic E-state index is 0.483. The van der Waals surface area contributed by atoms with Crippen LogP contribution in [0, 0.1) is 0 Å². The largest absolute Gasteiger partial charge is 0.497 e. The number of hydrogen-bond donors (Lipinski definition) is 2. The van der Waals surface area contributed by atoms with Gasteiger partial charge in [0.05, 0.1) is 13.7 Å². The molecule has 3 rings (SSSR count). The predicted molar refractivity (Wildman–Crippen MR) is 79.3 cm³/mol. The summed E-state index contributed by atoms with van der Waals surface area (Å²) in [4.78, 5) is 0. The van der Waals surface area contributed by atoms with Crippen LogP contribution < -0.4 is 15.4 Å². The van der Waals surface area contributed by atoms with E-state index >= 15 is 0 Å². The molecule has 0 unspecified atom stereocenters. The SMILES string of the molecule is COc1ccc(CCNc2nnc(CNC3CC3)o2)cc1. The minimum absolute atomic E-state index is 0.483. The minimum Gasteiger partial charge on any atom is -0.497 e. The molecular formula is C15H20N4O2. The molecule has 0 saturated heterocycles. The first-order valence-corrected chi connectivity index (χ1v) is 7.26. The second-order valence-electron chi connectivity index (χ2n) is 5.18. The maximum atomic E-state index is 5.52. The van der Waals surface area contributed by atoms with Gasteiger partial charge >= 0.3 is 6.01 Å². The third-order valence-electron chi connectivity index (χ3n) is 3.44. The predicted octanol–water partition coefficient (Wildman–Crippen LogP) is 1.98. The van der Waals surface area contributed by atoms with E-state index in [2.05, 4.69) is 33.0 Å². The van der Waals surface area contributed by atoms with Crippen LogP contribution in [0.25, 0.3) is 0 Å². The van der Waals surface area contributed by atoms with Gasteiger partial charge in [-0.2, -0.15) is 0 Å². The van der Waals surface area contributed by atoms with Crippen LogP contribution in [-0.4, -0.2) is 29.9 Å². The zero-order valence-corrected chi connectivity index (χ0v) is 12.1. The van der Waals surface area contributed by atoms with Crippen molar-refractivity contribution in [2.75, 3.05) is 19.0 Å². The molecule has 0 bridgehead atoms. The van der Waals surface area contributed by atoms with Crippen molar-refractivity contribution in [3.05, 3.63) is 35.7 Å². The van der Waals surface area contributed by atoms with Gasteiger partial charge in [0, 0.05) is 12.6 Å². The Kier molecular flexibility index (Phi) is 4.35. The smallest absolute Gasteiger partial charge is 0.315 e. The molecule has 6 nitrogen and oxygen atoms in total. The van der Waals surface area contributed by atoms with E-state index in [9.17, 15) is 0 Å². The molecule has 0 aliphatic heterocycles. The summed E-state index contributed by atoms with van der Waals surface area (Å²) in [7, 11) is 1.67. The summed E-state index contributed by atoms with van der Waals surface area (Å²) in [6.07, 6.45) is 3.39. The van der Waals surface area contributed by atoms with E-state index in [0.717, 1.165) is 18.7 Å². The Morgan fingerprint density at radius 2 is 2.05 bits per heavy atom. The van der Waals surface area contributed by atoms with Crippen molar-refractivity contribution in [2.45, 2.75) is 31.8 Å². The zero-order chi connectivity index (χ0) is 14.5. The van der Waals surface area contributed by atoms with Gasteiger partial charge in [0.1, 0.15) is 5.75 Å². The summed E-state index contributed by atoms with van der Waals surface area (Å²) in [6.45, 7) is 1.40. The normalized spacial score (nSPS) is 14.1. The third-order valence-corrected chi connectivity index (χ3v) is 3.44. The summed E-state index contributed by atoms with van der Waals surface area (Å²) in [5.74, 6) is 1.50. The number of ether oxygens (including phenoxy) is 1. The van der Waals surface area contributed by atoms with Gasteiger partial charge in [-0.3, -0.25) is 0 Å². The lowest BCUT2D eigenvalue weighted by Crippen LogP contribution is -2.15. The Labute approximate surface area is 123 Å². The molecule has 2 aromatic rings. The molecule has 1 aliphatic rings. The molecule has 1 fully saturated rings. The number of nitrogens with zero attached hydrogens (tertiary/aromatic N) is 2. The van der Waals surface area contributed by atoms with E-state index in [4.69, 9.17) is 9.15 Å². The summed E-state index contributed by atoms with van der Waals surface area (Å²) in [5, 5.41) is 14.5. The van der Waals surface area contributed by atoms with Crippen molar-refractivity contribution in [1.82, 2.24) is 15.5 Å². The van der Waals surface area contributed by atoms with E-state index in [1.807, 2.05) is 12.1 Å². The van der Waals surface area contributed by atoms with Gasteiger partial charge in [-0.1, -0.05) is 17.2 Å². The Hall–Kier alpha value is -2.08. The first kappa shape index (κ1) is 13.9. The maximum Gasteiger partial charge on any atom is 0.315 e. The topological polar surface area (TPSA) is 72.2 Å². The Morgan fingerprint density at radius 1 is 1.24 bits per heavy atom. The molecule has 1 saturated carbocycles. The first-order chi connectivity index (χ1) is 10.3. The third kappa shape index (κ3) is 4.19. The second-order valence-corrected chi connectivity index (χ2v) is 5.18. The van der Waals surface area contributed by atoms with Crippen molar-refractivity contribution in [1.29, 1.82) is 0 Å². The summed E-state index contributed by atoms with van der Waals surface area (Å²) in [6, 6.07) is 9.16. The van der Waals surface area contributed by atoms with Gasteiger partial charge in [0.25, 0.3) is 0 Å². The molecule has 1 aliphatic carbocycles. The van der Waals surface area contributed by atoms with Crippen molar-refractivity contribution < 1.29 is 9.15 Å². The number of aromatic nitrogens is 2. The number of benzene rings is 1. The van der Waals surface area contributed by atoms with Gasteiger partial charge in [0.2, 0.25) is 5.89 Å². The summed E-state index contributed by atoms with van der Waals surface area (Å²) < 4.78 is 10.7. The van der Waals surface area contributed by atoms with Crippen LogP contribution in [0.5, 0.6) is 5.75 Å². The Bertz CT molecular complexity index is 563. The molecule has 0 amide bonds. The lowest BCUT2D eigenvalue weighted by Gasteiger charge is -2.03. The highest BCUT2D eigenvalue weighted by atomic mass is 16.5. The van der Waals surface area contributed by atoms with Crippen molar-refractivity contribution >= 4 is 6.01 Å². The second kappa shape index (κ2) is 6.58. The molecule has 21 heavy (non-hydrogen) atoms. The van der Waals surface area contributed by atoms with E-state index in [1.54, 1.807) is 7.11 Å². The summed E-state index contributed by atoms with van der Waals surface area (Å²) in [5.41, 5.74) is 1.23. The van der Waals surface area contributed by atoms with Gasteiger partial charge in [-0.15, -0.1) is 5.10 Å². The van der Waals surface area contributed by atoms with E-state index in [-0.39, 0.29) is 0 Å². The van der Waals surface area contributed by atoms with Crippen LogP contribution in [0.2, 0.25) is 0 Å². The van der Waals surface area contributed by atoms with E-state index < -0.39 is 0 Å². The van der Waals surface area contributed by atoms with Crippen LogP contribution in [0.15, 0.2) is 28.7 Å². The fourth-order valence-corrected chi connectivity index (χ4v) is 2.02. The van der Waals surface area contributed by atoms with Gasteiger partial charge in [-0.05, 0) is 37.0 Å². The molecular weight excluding hydrogens is 268 g/mol. The zero-order valence-electron chi connectivity index (χ0n) is 12.1. The highest BCUT2D eigenvalue weighted by Gasteiger charge is 2.21. The fourth-order valence-electron chi connectivity index (χ4n) is 2.02. The quantitative estimate of drug-likeness (QED) is 0.774. The monoisotopic (exact) mass is 288 g/mol. The van der Waals surface area contributed by atoms with Crippen LogP contribution in [0.1, 0.15) is 24.3 Å². The van der Waals surface area contributed by atoms with E-state index in [0.29, 0.717) is 24.5 Å². The highest BCUT2D eigenvalue weighted by molar-refractivity contribution is 5.28. The molecule has 6 heteroatoms. The number of rotatable bonds is 8. The van der Waals surface area contributed by atoms with Crippen LogP contribution in [0.4, 0.5) is 6.01 Å². The standard InChI is InChI=1S/C15H20N4O2/c1-20-13-6-2-11(3-7-13)8-9-16-15-19-18-14(21-15)10-17-12-4-5-12/h2-3,6-7,12,17H,4-5,8-10H2,1H3,(H,16,19). The average Bonchev–Trinajstić information content (AvgIpc) is 3.25. The molecule has 0 radical (unpaired) electrons. The van der Waals surface area contributed by atoms with Crippen molar-refractivity contribution in [2.24, 2.45) is 0 Å². The molecule has 0 atom stereocenters. The van der Waals surface area contributed by atoms with Crippen molar-refractivity contribution in [3.8, 4) is 5.75 Å². The van der Waals surface area contributed by atoms with Crippen molar-refractivity contribution in [3.63, 3.8) is 0 Å². The first-order valence-electron chi connectivity index (χ1n) is 7.26. The highest BCUT2D eigenvalue weighted by Crippen LogP contribution is 2.19. The Balaban J connectivity index is 1.41. The van der Waals surface area contributed by atoms with Crippen LogP contribution in [-0.2, 0) is 13.0 Å². The molecule has 112 valence electrons. The Morgan fingerprint density at radius 3 is 2.76 bits per heavy atom. The maximum absolute atomic E-state index is 5.52. The summed E-state index contributed by atoms with van der Waals surface area (Å²) >= 11 is 0. The number of nitrogens with one attached hydrogen (secondary N) is 2. The molecule has 1 aromatic carbocycles. The fraction of sp³-hybridized carbons (Fsp3) is 0.467. The van der Waals surface area contributed by atoms with Crippen LogP contribution >= 0.6 is 0 Å². The molecule has 0 spiro atoms. The number of anilines is 1. The average molecular weight is 288 g/mol.